The van der Waals surface area contributed by atoms with Crippen LogP contribution in [-0.4, -0.2) is 21.2 Å². The molecule has 0 aliphatic carbocycles. The number of hydrogen-bond acceptors (Lipinski definition) is 3. The Morgan fingerprint density at radius 3 is 2.90 bits per heavy atom. The number of aromatic nitrogens is 2. The van der Waals surface area contributed by atoms with Gasteiger partial charge in [0, 0.05) is 32.4 Å². The van der Waals surface area contributed by atoms with Crippen LogP contribution in [0.5, 0.6) is 0 Å². The van der Waals surface area contributed by atoms with Crippen molar-refractivity contribution in [2.24, 2.45) is 7.05 Å². The van der Waals surface area contributed by atoms with Crippen molar-refractivity contribution in [1.29, 1.82) is 0 Å². The molecule has 1 aromatic heterocycles. The Hall–Kier alpha value is -1.33. The first-order valence-electron chi connectivity index (χ1n) is 7.39. The third-order valence-electron chi connectivity index (χ3n) is 4.26. The molecule has 5 heteroatoms. The number of nitrogen functional groups attached to an aromatic ring is 1. The van der Waals surface area contributed by atoms with Gasteiger partial charge >= 0.3 is 0 Å². The average molecular weight is 349 g/mol. The number of fused-ring (bicyclic) bond motifs is 1. The van der Waals surface area contributed by atoms with Crippen molar-refractivity contribution in [2.45, 2.75) is 32.9 Å². The van der Waals surface area contributed by atoms with E-state index in [1.165, 1.54) is 16.8 Å². The standard InChI is InChI=1S/C16H21BrN4/c1-3-14-16(17)15(20(2)19-14)10-21-8-7-12-11(9-21)5-4-6-13(12)18/h4-6H,3,7-10,18H2,1-2H3. The molecule has 1 aliphatic heterocycles. The molecule has 21 heavy (non-hydrogen) atoms. The van der Waals surface area contributed by atoms with E-state index in [9.17, 15) is 0 Å². The minimum atomic E-state index is 0.915. The highest BCUT2D eigenvalue weighted by Crippen LogP contribution is 2.27. The summed E-state index contributed by atoms with van der Waals surface area (Å²) in [5.74, 6) is 0. The first-order valence-corrected chi connectivity index (χ1v) is 8.18. The molecule has 0 atom stereocenters. The number of nitrogens with zero attached hydrogens (tertiary/aromatic N) is 3. The Morgan fingerprint density at radius 1 is 1.38 bits per heavy atom. The van der Waals surface area contributed by atoms with Gasteiger partial charge in [0.25, 0.3) is 0 Å². The van der Waals surface area contributed by atoms with Crippen molar-refractivity contribution in [2.75, 3.05) is 12.3 Å². The van der Waals surface area contributed by atoms with Crippen molar-refractivity contribution >= 4 is 21.6 Å². The predicted molar refractivity (Wildman–Crippen MR) is 89.0 cm³/mol. The number of hydrogen-bond donors (Lipinski definition) is 1. The maximum atomic E-state index is 6.07. The minimum Gasteiger partial charge on any atom is -0.398 e. The van der Waals surface area contributed by atoms with Gasteiger partial charge in [0.15, 0.2) is 0 Å². The van der Waals surface area contributed by atoms with E-state index in [2.05, 4.69) is 38.9 Å². The van der Waals surface area contributed by atoms with Crippen LogP contribution in [0.4, 0.5) is 5.69 Å². The van der Waals surface area contributed by atoms with Crippen molar-refractivity contribution in [1.82, 2.24) is 14.7 Å². The molecule has 112 valence electrons. The molecular formula is C16H21BrN4. The molecule has 0 spiro atoms. The molecule has 3 rings (SSSR count). The number of halogens is 1. The fourth-order valence-corrected chi connectivity index (χ4v) is 3.78. The molecule has 0 fully saturated rings. The first-order chi connectivity index (χ1) is 10.1. The summed E-state index contributed by atoms with van der Waals surface area (Å²) < 4.78 is 3.16. The lowest BCUT2D eigenvalue weighted by Crippen LogP contribution is -2.31. The van der Waals surface area contributed by atoms with E-state index >= 15 is 0 Å². The van der Waals surface area contributed by atoms with Crippen LogP contribution < -0.4 is 5.73 Å². The van der Waals surface area contributed by atoms with Gasteiger partial charge in [-0.05, 0) is 46.0 Å². The monoisotopic (exact) mass is 348 g/mol. The summed E-state index contributed by atoms with van der Waals surface area (Å²) in [6.45, 7) is 5.05. The van der Waals surface area contributed by atoms with Gasteiger partial charge in [0.05, 0.1) is 15.9 Å². The van der Waals surface area contributed by atoms with Gasteiger partial charge in [-0.1, -0.05) is 19.1 Å². The van der Waals surface area contributed by atoms with Crippen LogP contribution in [0, 0.1) is 0 Å². The molecule has 2 N–H and O–H groups in total. The number of nitrogens with two attached hydrogens (primary N) is 1. The number of benzene rings is 1. The Bertz CT molecular complexity index is 663. The maximum absolute atomic E-state index is 6.07. The first kappa shape index (κ1) is 14.6. The highest BCUT2D eigenvalue weighted by atomic mass is 79.9. The van der Waals surface area contributed by atoms with E-state index in [0.717, 1.165) is 48.3 Å². The van der Waals surface area contributed by atoms with Crippen LogP contribution in [0.1, 0.15) is 29.4 Å². The van der Waals surface area contributed by atoms with Crippen molar-refractivity contribution in [3.63, 3.8) is 0 Å². The van der Waals surface area contributed by atoms with Crippen LogP contribution in [0.2, 0.25) is 0 Å². The van der Waals surface area contributed by atoms with E-state index in [0.29, 0.717) is 0 Å². The molecular weight excluding hydrogens is 328 g/mol. The van der Waals surface area contributed by atoms with E-state index in [1.807, 2.05) is 23.9 Å². The summed E-state index contributed by atoms with van der Waals surface area (Å²) in [6, 6.07) is 6.24. The second-order valence-electron chi connectivity index (χ2n) is 5.63. The molecule has 0 bridgehead atoms. The molecule has 2 aromatic rings. The highest BCUT2D eigenvalue weighted by Gasteiger charge is 2.21. The third-order valence-corrected chi connectivity index (χ3v) is 5.17. The van der Waals surface area contributed by atoms with E-state index in [-0.39, 0.29) is 0 Å². The fraction of sp³-hybridized carbons (Fsp3) is 0.438. The molecule has 1 aromatic carbocycles. The summed E-state index contributed by atoms with van der Waals surface area (Å²) in [6.07, 6.45) is 1.98. The zero-order valence-electron chi connectivity index (χ0n) is 12.6. The van der Waals surface area contributed by atoms with Crippen LogP contribution in [0.25, 0.3) is 0 Å². The molecule has 4 nitrogen and oxygen atoms in total. The second-order valence-corrected chi connectivity index (χ2v) is 6.42. The Balaban J connectivity index is 1.80. The van der Waals surface area contributed by atoms with Crippen molar-refractivity contribution < 1.29 is 0 Å². The van der Waals surface area contributed by atoms with Gasteiger partial charge in [-0.3, -0.25) is 9.58 Å². The van der Waals surface area contributed by atoms with Gasteiger partial charge in [-0.15, -0.1) is 0 Å². The van der Waals surface area contributed by atoms with E-state index in [4.69, 9.17) is 5.73 Å². The zero-order valence-corrected chi connectivity index (χ0v) is 14.2. The van der Waals surface area contributed by atoms with Gasteiger partial charge in [0.2, 0.25) is 0 Å². The summed E-state index contributed by atoms with van der Waals surface area (Å²) in [4.78, 5) is 2.46. The van der Waals surface area contributed by atoms with Crippen LogP contribution >= 0.6 is 15.9 Å². The zero-order chi connectivity index (χ0) is 15.0. The molecule has 0 amide bonds. The minimum absolute atomic E-state index is 0.915. The summed E-state index contributed by atoms with van der Waals surface area (Å²) in [5.41, 5.74) is 12.1. The predicted octanol–water partition coefficient (Wildman–Crippen LogP) is 2.89. The average Bonchev–Trinajstić information content (AvgIpc) is 2.75. The second kappa shape index (κ2) is 5.81. The highest BCUT2D eigenvalue weighted by molar-refractivity contribution is 9.10. The Morgan fingerprint density at radius 2 is 2.19 bits per heavy atom. The van der Waals surface area contributed by atoms with Gasteiger partial charge < -0.3 is 5.73 Å². The third kappa shape index (κ3) is 2.72. The largest absolute Gasteiger partial charge is 0.398 e. The molecule has 0 radical (unpaired) electrons. The van der Waals surface area contributed by atoms with Gasteiger partial charge in [-0.25, -0.2) is 0 Å². The topological polar surface area (TPSA) is 47.1 Å². The molecule has 0 unspecified atom stereocenters. The molecule has 0 saturated carbocycles. The number of aryl methyl sites for hydroxylation is 2. The molecule has 0 saturated heterocycles. The SMILES string of the molecule is CCc1nn(C)c(CN2CCc3c(N)cccc3C2)c1Br. The molecule has 2 heterocycles. The smallest absolute Gasteiger partial charge is 0.0767 e. The maximum Gasteiger partial charge on any atom is 0.0767 e. The van der Waals surface area contributed by atoms with Crippen molar-refractivity contribution in [3.8, 4) is 0 Å². The molecule has 1 aliphatic rings. The lowest BCUT2D eigenvalue weighted by Gasteiger charge is -2.29. The van der Waals surface area contributed by atoms with Gasteiger partial charge in [0.1, 0.15) is 0 Å². The Labute approximate surface area is 134 Å². The Kier molecular flexibility index (Phi) is 4.04. The van der Waals surface area contributed by atoms with E-state index < -0.39 is 0 Å². The lowest BCUT2D eigenvalue weighted by molar-refractivity contribution is 0.239. The van der Waals surface area contributed by atoms with Crippen LogP contribution in [-0.2, 0) is 33.0 Å². The lowest BCUT2D eigenvalue weighted by atomic mass is 9.98. The quantitative estimate of drug-likeness (QED) is 0.867. The fourth-order valence-electron chi connectivity index (χ4n) is 3.04. The number of rotatable bonds is 3. The van der Waals surface area contributed by atoms with Gasteiger partial charge in [-0.2, -0.15) is 5.10 Å². The van der Waals surface area contributed by atoms with E-state index in [1.54, 1.807) is 0 Å². The summed E-state index contributed by atoms with van der Waals surface area (Å²) >= 11 is 3.70. The van der Waals surface area contributed by atoms with Crippen LogP contribution in [0.3, 0.4) is 0 Å². The normalized spacial score (nSPS) is 15.2. The van der Waals surface area contributed by atoms with Crippen molar-refractivity contribution in [3.05, 3.63) is 45.2 Å². The summed E-state index contributed by atoms with van der Waals surface area (Å²) in [7, 11) is 2.02. The van der Waals surface area contributed by atoms with Crippen LogP contribution in [0.15, 0.2) is 22.7 Å². The summed E-state index contributed by atoms with van der Waals surface area (Å²) in [5, 5.41) is 4.58. The number of anilines is 1.